The summed E-state index contributed by atoms with van der Waals surface area (Å²) >= 11 is 0. The van der Waals surface area contributed by atoms with E-state index in [-0.39, 0.29) is 30.6 Å². The van der Waals surface area contributed by atoms with Crippen molar-refractivity contribution in [1.82, 2.24) is 14.5 Å². The van der Waals surface area contributed by atoms with Gasteiger partial charge in [0.15, 0.2) is 17.3 Å². The summed E-state index contributed by atoms with van der Waals surface area (Å²) in [7, 11) is 4.84. The molecule has 0 atom stereocenters. The summed E-state index contributed by atoms with van der Waals surface area (Å²) in [5, 5.41) is 2.76. The van der Waals surface area contributed by atoms with Crippen molar-refractivity contribution < 1.29 is 23.9 Å². The second kappa shape index (κ2) is 9.62. The number of hydrogen-bond donors (Lipinski definition) is 1. The number of ketones is 1. The Morgan fingerprint density at radius 2 is 1.79 bits per heavy atom. The van der Waals surface area contributed by atoms with Crippen molar-refractivity contribution in [3.8, 4) is 11.5 Å². The number of anilines is 1. The molecule has 2 amide bonds. The Balaban J connectivity index is 1.41. The predicted molar refractivity (Wildman–Crippen MR) is 126 cm³/mol. The van der Waals surface area contributed by atoms with Crippen LogP contribution in [0.25, 0.3) is 6.08 Å². The number of hydrogen-bond acceptors (Lipinski definition) is 6. The zero-order valence-electron chi connectivity index (χ0n) is 19.1. The summed E-state index contributed by atoms with van der Waals surface area (Å²) < 4.78 is 12.3. The number of benzene rings is 2. The Kier molecular flexibility index (Phi) is 6.44. The van der Waals surface area contributed by atoms with Crippen LogP contribution in [0.15, 0.2) is 55.0 Å². The van der Waals surface area contributed by atoms with Crippen molar-refractivity contribution in [1.29, 1.82) is 0 Å². The van der Waals surface area contributed by atoms with E-state index in [0.717, 1.165) is 11.1 Å². The van der Waals surface area contributed by atoms with E-state index < -0.39 is 0 Å². The molecule has 0 radical (unpaired) electrons. The highest BCUT2D eigenvalue weighted by Crippen LogP contribution is 2.32. The standard InChI is InChI=1S/C25H24N4O5/c1-28-11-9-26-25(28)24(32)16-4-6-19(7-5-16)27-22(30)15-29-10-8-17-12-20(33-2)21(34-3)13-18(17)14-23(29)31/h4-13H,14-15H2,1-3H3,(H,27,30). The lowest BCUT2D eigenvalue weighted by Crippen LogP contribution is -2.34. The highest BCUT2D eigenvalue weighted by atomic mass is 16.5. The van der Waals surface area contributed by atoms with E-state index in [1.54, 1.807) is 79.8 Å². The zero-order valence-corrected chi connectivity index (χ0v) is 19.1. The van der Waals surface area contributed by atoms with Crippen molar-refractivity contribution >= 4 is 29.4 Å². The van der Waals surface area contributed by atoms with Crippen LogP contribution in [0.4, 0.5) is 5.69 Å². The molecule has 0 spiro atoms. The van der Waals surface area contributed by atoms with Crippen molar-refractivity contribution in [2.75, 3.05) is 26.1 Å². The Morgan fingerprint density at radius 1 is 1.09 bits per heavy atom. The van der Waals surface area contributed by atoms with E-state index in [2.05, 4.69) is 10.3 Å². The number of aromatic nitrogens is 2. The average molecular weight is 460 g/mol. The first kappa shape index (κ1) is 22.8. The fourth-order valence-electron chi connectivity index (χ4n) is 3.68. The molecule has 1 aliphatic heterocycles. The quantitative estimate of drug-likeness (QED) is 0.544. The van der Waals surface area contributed by atoms with Gasteiger partial charge in [-0.15, -0.1) is 0 Å². The van der Waals surface area contributed by atoms with E-state index in [1.165, 1.54) is 12.0 Å². The number of nitrogens with one attached hydrogen (secondary N) is 1. The number of amides is 2. The van der Waals surface area contributed by atoms with Gasteiger partial charge < -0.3 is 24.3 Å². The third-order valence-electron chi connectivity index (χ3n) is 5.51. The van der Waals surface area contributed by atoms with Gasteiger partial charge in [-0.3, -0.25) is 14.4 Å². The lowest BCUT2D eigenvalue weighted by molar-refractivity contribution is -0.131. The van der Waals surface area contributed by atoms with Crippen LogP contribution in [0.3, 0.4) is 0 Å². The molecule has 0 unspecified atom stereocenters. The molecule has 1 N–H and O–H groups in total. The van der Waals surface area contributed by atoms with Crippen LogP contribution in [0.2, 0.25) is 0 Å². The van der Waals surface area contributed by atoms with Gasteiger partial charge in [-0.05, 0) is 53.6 Å². The first-order valence-corrected chi connectivity index (χ1v) is 10.5. The van der Waals surface area contributed by atoms with E-state index in [0.29, 0.717) is 28.6 Å². The summed E-state index contributed by atoms with van der Waals surface area (Å²) in [6.45, 7) is -0.147. The number of carbonyl (C=O) groups excluding carboxylic acids is 3. The molecule has 34 heavy (non-hydrogen) atoms. The molecule has 0 aliphatic carbocycles. The molecule has 2 heterocycles. The minimum atomic E-state index is -0.359. The number of methoxy groups -OCH3 is 2. The molecule has 9 heteroatoms. The van der Waals surface area contributed by atoms with Crippen molar-refractivity contribution in [3.05, 3.63) is 77.5 Å². The van der Waals surface area contributed by atoms with Crippen LogP contribution < -0.4 is 14.8 Å². The predicted octanol–water partition coefficient (Wildman–Crippen LogP) is 2.66. The molecule has 0 saturated carbocycles. The summed E-state index contributed by atoms with van der Waals surface area (Å²) in [5.74, 6) is 0.654. The number of fused-ring (bicyclic) bond motifs is 1. The van der Waals surface area contributed by atoms with Gasteiger partial charge in [0.2, 0.25) is 17.6 Å². The van der Waals surface area contributed by atoms with Gasteiger partial charge in [-0.1, -0.05) is 0 Å². The Hall–Kier alpha value is -4.40. The normalized spacial score (nSPS) is 12.7. The van der Waals surface area contributed by atoms with Gasteiger partial charge in [-0.25, -0.2) is 4.98 Å². The van der Waals surface area contributed by atoms with Crippen molar-refractivity contribution in [2.45, 2.75) is 6.42 Å². The highest BCUT2D eigenvalue weighted by molar-refractivity contribution is 6.07. The van der Waals surface area contributed by atoms with Crippen LogP contribution in [-0.2, 0) is 23.1 Å². The fourth-order valence-corrected chi connectivity index (χ4v) is 3.68. The topological polar surface area (TPSA) is 103 Å². The first-order chi connectivity index (χ1) is 16.4. The summed E-state index contributed by atoms with van der Waals surface area (Å²) in [4.78, 5) is 43.3. The molecule has 0 saturated heterocycles. The average Bonchev–Trinajstić information content (AvgIpc) is 3.21. The first-order valence-electron chi connectivity index (χ1n) is 10.5. The molecular weight excluding hydrogens is 436 g/mol. The summed E-state index contributed by atoms with van der Waals surface area (Å²) in [6.07, 6.45) is 6.75. The maximum atomic E-state index is 12.8. The Bertz CT molecular complexity index is 1280. The van der Waals surface area contributed by atoms with Crippen LogP contribution in [0, 0.1) is 0 Å². The van der Waals surface area contributed by atoms with Gasteiger partial charge in [0.25, 0.3) is 0 Å². The molecule has 0 fully saturated rings. The second-order valence-electron chi connectivity index (χ2n) is 7.74. The molecule has 9 nitrogen and oxygen atoms in total. The van der Waals surface area contributed by atoms with Crippen LogP contribution in [0.1, 0.15) is 27.3 Å². The molecule has 4 rings (SSSR count). The zero-order chi connectivity index (χ0) is 24.2. The minimum Gasteiger partial charge on any atom is -0.493 e. The minimum absolute atomic E-state index is 0.125. The molecular formula is C25H24N4O5. The molecule has 174 valence electrons. The molecule has 1 aliphatic rings. The Morgan fingerprint density at radius 3 is 2.44 bits per heavy atom. The van der Waals surface area contributed by atoms with Crippen LogP contribution in [-0.4, -0.2) is 52.8 Å². The van der Waals surface area contributed by atoms with Crippen molar-refractivity contribution in [3.63, 3.8) is 0 Å². The monoisotopic (exact) mass is 460 g/mol. The number of carbonyl (C=O) groups is 3. The molecule has 0 bridgehead atoms. The van der Waals surface area contributed by atoms with Crippen LogP contribution >= 0.6 is 0 Å². The van der Waals surface area contributed by atoms with Gasteiger partial charge in [0.05, 0.1) is 20.6 Å². The number of nitrogens with zero attached hydrogens (tertiary/aromatic N) is 3. The van der Waals surface area contributed by atoms with Crippen molar-refractivity contribution in [2.24, 2.45) is 7.05 Å². The summed E-state index contributed by atoms with van der Waals surface area (Å²) in [5.41, 5.74) is 2.59. The number of ether oxygens (including phenoxy) is 2. The maximum Gasteiger partial charge on any atom is 0.244 e. The van der Waals surface area contributed by atoms with Gasteiger partial charge >= 0.3 is 0 Å². The largest absolute Gasteiger partial charge is 0.493 e. The molecule has 1 aromatic heterocycles. The number of rotatable bonds is 7. The fraction of sp³-hybridized carbons (Fsp3) is 0.200. The van der Waals surface area contributed by atoms with Crippen LogP contribution in [0.5, 0.6) is 11.5 Å². The lowest BCUT2D eigenvalue weighted by Gasteiger charge is -2.17. The van der Waals surface area contributed by atoms with E-state index >= 15 is 0 Å². The smallest absolute Gasteiger partial charge is 0.244 e. The molecule has 3 aromatic rings. The van der Waals surface area contributed by atoms with E-state index in [4.69, 9.17) is 9.47 Å². The maximum absolute atomic E-state index is 12.8. The van der Waals surface area contributed by atoms with Gasteiger partial charge in [0.1, 0.15) is 6.54 Å². The second-order valence-corrected chi connectivity index (χ2v) is 7.74. The third kappa shape index (κ3) is 4.68. The number of aryl methyl sites for hydroxylation is 1. The third-order valence-corrected chi connectivity index (χ3v) is 5.51. The lowest BCUT2D eigenvalue weighted by atomic mass is 10.0. The molecule has 2 aromatic carbocycles. The van der Waals surface area contributed by atoms with Gasteiger partial charge in [0, 0.05) is 36.9 Å². The van der Waals surface area contributed by atoms with E-state index in [1.807, 2.05) is 0 Å². The highest BCUT2D eigenvalue weighted by Gasteiger charge is 2.21. The van der Waals surface area contributed by atoms with E-state index in [9.17, 15) is 14.4 Å². The number of imidazole rings is 1. The SMILES string of the molecule is COc1cc2c(cc1OC)CC(=O)N(CC(=O)Nc1ccc(C(=O)c3nccn3C)cc1)C=C2. The Labute approximate surface area is 196 Å². The van der Waals surface area contributed by atoms with Gasteiger partial charge in [-0.2, -0.15) is 0 Å². The summed E-state index contributed by atoms with van der Waals surface area (Å²) in [6, 6.07) is 10.1.